The molecule has 2 unspecified atom stereocenters. The van der Waals surface area contributed by atoms with Crippen LogP contribution in [-0.2, 0) is 0 Å². The highest BCUT2D eigenvalue weighted by atomic mass is 16.2. The van der Waals surface area contributed by atoms with Crippen LogP contribution in [0.3, 0.4) is 0 Å². The number of amides is 1. The van der Waals surface area contributed by atoms with Gasteiger partial charge in [-0.15, -0.1) is 0 Å². The monoisotopic (exact) mass is 286 g/mol. The zero-order valence-corrected chi connectivity index (χ0v) is 12.4. The maximum absolute atomic E-state index is 12.3. The van der Waals surface area contributed by atoms with E-state index < -0.39 is 0 Å². The molecule has 1 fully saturated rings. The molecule has 1 aromatic rings. The van der Waals surface area contributed by atoms with Gasteiger partial charge in [-0.1, -0.05) is 31.6 Å². The van der Waals surface area contributed by atoms with Gasteiger partial charge < -0.3 is 10.4 Å². The fourth-order valence-corrected chi connectivity index (χ4v) is 2.67. The molecule has 1 heterocycles. The zero-order chi connectivity index (χ0) is 15.1. The maximum atomic E-state index is 12.3. The van der Waals surface area contributed by atoms with E-state index in [2.05, 4.69) is 29.1 Å². The summed E-state index contributed by atoms with van der Waals surface area (Å²) in [6.45, 7) is 2.08. The quantitative estimate of drug-likeness (QED) is 0.646. The van der Waals surface area contributed by atoms with Crippen molar-refractivity contribution in [3.63, 3.8) is 0 Å². The third kappa shape index (κ3) is 4.87. The molecule has 1 aliphatic carbocycles. The first-order valence-electron chi connectivity index (χ1n) is 7.54. The summed E-state index contributed by atoms with van der Waals surface area (Å²) in [5.74, 6) is 5.99. The van der Waals surface area contributed by atoms with Gasteiger partial charge in [-0.3, -0.25) is 9.78 Å². The van der Waals surface area contributed by atoms with Gasteiger partial charge in [0.2, 0.25) is 0 Å². The van der Waals surface area contributed by atoms with Crippen LogP contribution in [0.4, 0.5) is 0 Å². The number of carbonyl (C=O) groups excluding carboxylic acids is 1. The minimum Gasteiger partial charge on any atom is -0.384 e. The molecule has 2 rings (SSSR count). The maximum Gasteiger partial charge on any atom is 0.253 e. The van der Waals surface area contributed by atoms with Gasteiger partial charge in [-0.25, -0.2) is 0 Å². The molecule has 1 amide bonds. The molecule has 0 aromatic carbocycles. The van der Waals surface area contributed by atoms with Crippen molar-refractivity contribution in [2.24, 2.45) is 5.92 Å². The number of aliphatic hydroxyl groups excluding tert-OH is 1. The van der Waals surface area contributed by atoms with E-state index in [1.54, 1.807) is 18.5 Å². The van der Waals surface area contributed by atoms with Gasteiger partial charge in [-0.2, -0.15) is 0 Å². The Balaban J connectivity index is 1.99. The van der Waals surface area contributed by atoms with Crippen molar-refractivity contribution in [3.05, 3.63) is 29.6 Å². The molecular formula is C17H22N2O2. The molecule has 4 heteroatoms. The fraction of sp³-hybridized carbons (Fsp3) is 0.529. The fourth-order valence-electron chi connectivity index (χ4n) is 2.67. The van der Waals surface area contributed by atoms with Crippen LogP contribution in [0.15, 0.2) is 18.5 Å². The van der Waals surface area contributed by atoms with Crippen molar-refractivity contribution < 1.29 is 9.90 Å². The van der Waals surface area contributed by atoms with E-state index in [-0.39, 0.29) is 18.6 Å². The summed E-state index contributed by atoms with van der Waals surface area (Å²) in [5.41, 5.74) is 1.17. The molecular weight excluding hydrogens is 264 g/mol. The number of nitrogens with one attached hydrogen (secondary N) is 1. The lowest BCUT2D eigenvalue weighted by Crippen LogP contribution is -2.34. The van der Waals surface area contributed by atoms with Crippen LogP contribution in [0.25, 0.3) is 0 Å². The van der Waals surface area contributed by atoms with Crippen LogP contribution in [0.1, 0.15) is 54.9 Å². The Labute approximate surface area is 126 Å². The molecule has 0 spiro atoms. The Hall–Kier alpha value is -1.86. The molecule has 0 aliphatic heterocycles. The number of aromatic nitrogens is 1. The van der Waals surface area contributed by atoms with E-state index in [0.717, 1.165) is 18.8 Å². The van der Waals surface area contributed by atoms with Crippen molar-refractivity contribution in [1.29, 1.82) is 0 Å². The number of nitrogens with zero attached hydrogens (tertiary/aromatic N) is 1. The van der Waals surface area contributed by atoms with Crippen molar-refractivity contribution in [2.45, 2.75) is 45.1 Å². The number of hydrogen-bond donors (Lipinski definition) is 2. The Morgan fingerprint density at radius 1 is 1.38 bits per heavy atom. The summed E-state index contributed by atoms with van der Waals surface area (Å²) in [6, 6.07) is 1.97. The first-order chi connectivity index (χ1) is 10.2. The van der Waals surface area contributed by atoms with E-state index in [9.17, 15) is 4.79 Å². The number of hydrogen-bond acceptors (Lipinski definition) is 3. The Morgan fingerprint density at radius 2 is 2.24 bits per heavy atom. The second-order valence-electron chi connectivity index (χ2n) is 5.71. The van der Waals surface area contributed by atoms with Gasteiger partial charge in [-0.05, 0) is 31.2 Å². The summed E-state index contributed by atoms with van der Waals surface area (Å²) in [6.07, 6.45) is 8.83. The zero-order valence-electron chi connectivity index (χ0n) is 12.4. The smallest absolute Gasteiger partial charge is 0.253 e. The number of rotatable bonds is 2. The van der Waals surface area contributed by atoms with Crippen molar-refractivity contribution >= 4 is 5.91 Å². The Bertz CT molecular complexity index is 545. The van der Waals surface area contributed by atoms with Crippen LogP contribution >= 0.6 is 0 Å². The summed E-state index contributed by atoms with van der Waals surface area (Å²) in [7, 11) is 0. The minimum atomic E-state index is -0.198. The van der Waals surface area contributed by atoms with Crippen molar-refractivity contribution in [2.75, 3.05) is 6.61 Å². The van der Waals surface area contributed by atoms with Crippen molar-refractivity contribution in [3.8, 4) is 11.8 Å². The number of aliphatic hydroxyl groups is 1. The summed E-state index contributed by atoms with van der Waals surface area (Å²) in [5, 5.41) is 11.8. The molecule has 1 aromatic heterocycles. The highest BCUT2D eigenvalue weighted by Gasteiger charge is 2.18. The molecule has 4 nitrogen and oxygen atoms in total. The molecule has 0 saturated heterocycles. The number of carbonyl (C=O) groups is 1. The molecule has 0 bridgehead atoms. The topological polar surface area (TPSA) is 62.2 Å². The van der Waals surface area contributed by atoms with Gasteiger partial charge in [0.05, 0.1) is 5.56 Å². The second kappa shape index (κ2) is 7.80. The van der Waals surface area contributed by atoms with Crippen LogP contribution in [0, 0.1) is 17.8 Å². The molecule has 21 heavy (non-hydrogen) atoms. The van der Waals surface area contributed by atoms with E-state index in [0.29, 0.717) is 11.1 Å². The standard InChI is InChI=1S/C17H22N2O2/c1-13-4-2-6-16(8-7-13)19-17(21)15-10-14(5-3-9-20)11-18-12-15/h10-13,16,20H,2,4,6-9H2,1H3,(H,19,21). The molecule has 1 aliphatic rings. The lowest BCUT2D eigenvalue weighted by molar-refractivity contribution is 0.0932. The first kappa shape index (κ1) is 15.5. The largest absolute Gasteiger partial charge is 0.384 e. The summed E-state index contributed by atoms with van der Waals surface area (Å²) >= 11 is 0. The molecule has 0 radical (unpaired) electrons. The third-order valence-corrected chi connectivity index (χ3v) is 3.90. The molecule has 1 saturated carbocycles. The average Bonchev–Trinajstić information content (AvgIpc) is 2.70. The Kier molecular flexibility index (Phi) is 5.77. The third-order valence-electron chi connectivity index (χ3n) is 3.90. The lowest BCUT2D eigenvalue weighted by Gasteiger charge is -2.16. The van der Waals surface area contributed by atoms with E-state index >= 15 is 0 Å². The summed E-state index contributed by atoms with van der Waals surface area (Å²) in [4.78, 5) is 16.3. The van der Waals surface area contributed by atoms with Crippen LogP contribution < -0.4 is 5.32 Å². The van der Waals surface area contributed by atoms with E-state index in [1.165, 1.54) is 19.3 Å². The van der Waals surface area contributed by atoms with Crippen molar-refractivity contribution in [1.82, 2.24) is 10.3 Å². The van der Waals surface area contributed by atoms with Gasteiger partial charge in [0, 0.05) is 24.0 Å². The highest BCUT2D eigenvalue weighted by Crippen LogP contribution is 2.22. The molecule has 112 valence electrons. The second-order valence-corrected chi connectivity index (χ2v) is 5.71. The molecule has 2 atom stereocenters. The van der Waals surface area contributed by atoms with Gasteiger partial charge in [0.1, 0.15) is 6.61 Å². The first-order valence-corrected chi connectivity index (χ1v) is 7.54. The van der Waals surface area contributed by atoms with E-state index in [1.807, 2.05) is 0 Å². The van der Waals surface area contributed by atoms with Crippen LogP contribution in [-0.4, -0.2) is 28.6 Å². The molecule has 2 N–H and O–H groups in total. The average molecular weight is 286 g/mol. The number of pyridine rings is 1. The highest BCUT2D eigenvalue weighted by molar-refractivity contribution is 5.94. The van der Waals surface area contributed by atoms with Gasteiger partial charge >= 0.3 is 0 Å². The summed E-state index contributed by atoms with van der Waals surface area (Å²) < 4.78 is 0. The lowest BCUT2D eigenvalue weighted by atomic mass is 10.0. The van der Waals surface area contributed by atoms with Gasteiger partial charge in [0.15, 0.2) is 0 Å². The predicted molar refractivity (Wildman–Crippen MR) is 81.7 cm³/mol. The van der Waals surface area contributed by atoms with Gasteiger partial charge in [0.25, 0.3) is 5.91 Å². The van der Waals surface area contributed by atoms with Crippen LogP contribution in [0.5, 0.6) is 0 Å². The minimum absolute atomic E-state index is 0.0882. The predicted octanol–water partition coefficient (Wildman–Crippen LogP) is 2.12. The SMILES string of the molecule is CC1CCCC(NC(=O)c2cncc(C#CCO)c2)CC1. The van der Waals surface area contributed by atoms with E-state index in [4.69, 9.17) is 5.11 Å². The normalized spacial score (nSPS) is 21.8. The van der Waals surface area contributed by atoms with Crippen LogP contribution in [0.2, 0.25) is 0 Å². The Morgan fingerprint density at radius 3 is 3.05 bits per heavy atom.